The molecule has 1 amide bonds. The SMILES string of the molecule is CCCOc1ccccc1NC(=O)C(CN)CC(C)C. The Bertz CT molecular complexity index is 419. The highest BCUT2D eigenvalue weighted by molar-refractivity contribution is 5.94. The zero-order valence-corrected chi connectivity index (χ0v) is 12.7. The van der Waals surface area contributed by atoms with Crippen molar-refractivity contribution < 1.29 is 9.53 Å². The van der Waals surface area contributed by atoms with Gasteiger partial charge in [-0.2, -0.15) is 0 Å². The van der Waals surface area contributed by atoms with Crippen LogP contribution in [0.5, 0.6) is 5.75 Å². The molecule has 3 N–H and O–H groups in total. The first kappa shape index (κ1) is 16.5. The fourth-order valence-electron chi connectivity index (χ4n) is 2.02. The van der Waals surface area contributed by atoms with Crippen molar-refractivity contribution in [3.8, 4) is 5.75 Å². The van der Waals surface area contributed by atoms with E-state index in [1.165, 1.54) is 0 Å². The third kappa shape index (κ3) is 5.21. The number of carbonyl (C=O) groups excluding carboxylic acids is 1. The van der Waals surface area contributed by atoms with Crippen molar-refractivity contribution in [3.05, 3.63) is 24.3 Å². The zero-order valence-electron chi connectivity index (χ0n) is 12.7. The summed E-state index contributed by atoms with van der Waals surface area (Å²) in [5.41, 5.74) is 6.42. The predicted octanol–water partition coefficient (Wildman–Crippen LogP) is 3.03. The molecule has 0 aliphatic rings. The van der Waals surface area contributed by atoms with E-state index in [0.29, 0.717) is 30.5 Å². The minimum Gasteiger partial charge on any atom is -0.491 e. The number of ether oxygens (including phenoxy) is 1. The van der Waals surface area contributed by atoms with Gasteiger partial charge in [0.15, 0.2) is 0 Å². The number of hydrogen-bond acceptors (Lipinski definition) is 3. The highest BCUT2D eigenvalue weighted by Gasteiger charge is 2.19. The van der Waals surface area contributed by atoms with E-state index in [-0.39, 0.29) is 11.8 Å². The second kappa shape index (κ2) is 8.59. The van der Waals surface area contributed by atoms with Crippen LogP contribution in [0.2, 0.25) is 0 Å². The molecule has 0 radical (unpaired) electrons. The quantitative estimate of drug-likeness (QED) is 0.768. The van der Waals surface area contributed by atoms with E-state index in [0.717, 1.165) is 12.8 Å². The lowest BCUT2D eigenvalue weighted by Crippen LogP contribution is -2.30. The second-order valence-electron chi connectivity index (χ2n) is 5.40. The van der Waals surface area contributed by atoms with Gasteiger partial charge in [-0.3, -0.25) is 4.79 Å². The number of para-hydroxylation sites is 2. The molecule has 4 heteroatoms. The first-order chi connectivity index (χ1) is 9.58. The Hall–Kier alpha value is -1.55. The number of amides is 1. The normalized spacial score (nSPS) is 12.2. The Morgan fingerprint density at radius 1 is 1.35 bits per heavy atom. The molecular formula is C16H26N2O2. The summed E-state index contributed by atoms with van der Waals surface area (Å²) in [6.07, 6.45) is 1.72. The maximum atomic E-state index is 12.3. The fraction of sp³-hybridized carbons (Fsp3) is 0.562. The van der Waals surface area contributed by atoms with Gasteiger partial charge in [-0.25, -0.2) is 0 Å². The van der Waals surface area contributed by atoms with Crippen molar-refractivity contribution in [2.75, 3.05) is 18.5 Å². The number of rotatable bonds is 8. The summed E-state index contributed by atoms with van der Waals surface area (Å²) in [7, 11) is 0. The van der Waals surface area contributed by atoms with Crippen LogP contribution in [0.25, 0.3) is 0 Å². The number of carbonyl (C=O) groups is 1. The fourth-order valence-corrected chi connectivity index (χ4v) is 2.02. The van der Waals surface area contributed by atoms with Gasteiger partial charge in [0.25, 0.3) is 0 Å². The number of benzene rings is 1. The molecule has 0 fully saturated rings. The van der Waals surface area contributed by atoms with Gasteiger partial charge in [-0.05, 0) is 30.9 Å². The van der Waals surface area contributed by atoms with Gasteiger partial charge in [0, 0.05) is 6.54 Å². The van der Waals surface area contributed by atoms with E-state index < -0.39 is 0 Å². The van der Waals surface area contributed by atoms with E-state index >= 15 is 0 Å². The Morgan fingerprint density at radius 2 is 2.05 bits per heavy atom. The van der Waals surface area contributed by atoms with Gasteiger partial charge in [0.2, 0.25) is 5.91 Å². The van der Waals surface area contributed by atoms with Crippen LogP contribution in [-0.4, -0.2) is 19.1 Å². The van der Waals surface area contributed by atoms with Crippen LogP contribution < -0.4 is 15.8 Å². The topological polar surface area (TPSA) is 64.3 Å². The second-order valence-corrected chi connectivity index (χ2v) is 5.40. The van der Waals surface area contributed by atoms with Crippen LogP contribution in [-0.2, 0) is 4.79 Å². The monoisotopic (exact) mass is 278 g/mol. The molecular weight excluding hydrogens is 252 g/mol. The summed E-state index contributed by atoms with van der Waals surface area (Å²) in [5.74, 6) is 0.965. The largest absolute Gasteiger partial charge is 0.491 e. The average Bonchev–Trinajstić information content (AvgIpc) is 2.43. The molecule has 0 aromatic heterocycles. The first-order valence-electron chi connectivity index (χ1n) is 7.31. The Labute approximate surface area is 121 Å². The van der Waals surface area contributed by atoms with Crippen LogP contribution >= 0.6 is 0 Å². The lowest BCUT2D eigenvalue weighted by molar-refractivity contribution is -0.120. The first-order valence-corrected chi connectivity index (χ1v) is 7.31. The maximum Gasteiger partial charge on any atom is 0.228 e. The maximum absolute atomic E-state index is 12.3. The summed E-state index contributed by atoms with van der Waals surface area (Å²) >= 11 is 0. The number of nitrogens with one attached hydrogen (secondary N) is 1. The average molecular weight is 278 g/mol. The lowest BCUT2D eigenvalue weighted by Gasteiger charge is -2.18. The predicted molar refractivity (Wildman–Crippen MR) is 82.9 cm³/mol. The zero-order chi connectivity index (χ0) is 15.0. The molecule has 1 aromatic rings. The van der Waals surface area contributed by atoms with Crippen molar-refractivity contribution in [3.63, 3.8) is 0 Å². The molecule has 1 rings (SSSR count). The van der Waals surface area contributed by atoms with Crippen LogP contribution in [0, 0.1) is 11.8 Å². The van der Waals surface area contributed by atoms with Gasteiger partial charge in [0.05, 0.1) is 18.2 Å². The molecule has 20 heavy (non-hydrogen) atoms. The molecule has 0 heterocycles. The van der Waals surface area contributed by atoms with Gasteiger partial charge in [-0.15, -0.1) is 0 Å². The molecule has 0 saturated carbocycles. The number of anilines is 1. The highest BCUT2D eigenvalue weighted by Crippen LogP contribution is 2.25. The van der Waals surface area contributed by atoms with Crippen molar-refractivity contribution in [1.82, 2.24) is 0 Å². The Morgan fingerprint density at radius 3 is 2.65 bits per heavy atom. The Kier molecular flexibility index (Phi) is 7.09. The minimum atomic E-state index is -0.158. The third-order valence-corrected chi connectivity index (χ3v) is 3.02. The van der Waals surface area contributed by atoms with Crippen molar-refractivity contribution >= 4 is 11.6 Å². The molecule has 4 nitrogen and oxygen atoms in total. The van der Waals surface area contributed by atoms with Crippen LogP contribution in [0.4, 0.5) is 5.69 Å². The summed E-state index contributed by atoms with van der Waals surface area (Å²) < 4.78 is 5.64. The summed E-state index contributed by atoms with van der Waals surface area (Å²) in [5, 5.41) is 2.93. The van der Waals surface area contributed by atoms with Crippen molar-refractivity contribution in [2.45, 2.75) is 33.6 Å². The molecule has 0 aliphatic heterocycles. The van der Waals surface area contributed by atoms with Gasteiger partial charge in [-0.1, -0.05) is 32.9 Å². The Balaban J connectivity index is 2.73. The highest BCUT2D eigenvalue weighted by atomic mass is 16.5. The molecule has 112 valence electrons. The van der Waals surface area contributed by atoms with Crippen LogP contribution in [0.1, 0.15) is 33.6 Å². The van der Waals surface area contributed by atoms with Gasteiger partial charge >= 0.3 is 0 Å². The van der Waals surface area contributed by atoms with Crippen molar-refractivity contribution in [2.24, 2.45) is 17.6 Å². The summed E-state index contributed by atoms with van der Waals surface area (Å²) in [4.78, 5) is 12.3. The van der Waals surface area contributed by atoms with E-state index in [4.69, 9.17) is 10.5 Å². The molecule has 1 atom stereocenters. The molecule has 0 spiro atoms. The summed E-state index contributed by atoms with van der Waals surface area (Å²) in [6.45, 7) is 7.23. The summed E-state index contributed by atoms with van der Waals surface area (Å²) in [6, 6.07) is 7.50. The smallest absolute Gasteiger partial charge is 0.228 e. The van der Waals surface area contributed by atoms with E-state index in [1.54, 1.807) is 0 Å². The van der Waals surface area contributed by atoms with Crippen LogP contribution in [0.15, 0.2) is 24.3 Å². The molecule has 0 saturated heterocycles. The minimum absolute atomic E-state index is 0.0336. The van der Waals surface area contributed by atoms with Gasteiger partial charge in [0.1, 0.15) is 5.75 Å². The third-order valence-electron chi connectivity index (χ3n) is 3.02. The van der Waals surface area contributed by atoms with E-state index in [9.17, 15) is 4.79 Å². The molecule has 0 aliphatic carbocycles. The standard InChI is InChI=1S/C16H26N2O2/c1-4-9-20-15-8-6-5-7-14(15)18-16(19)13(11-17)10-12(2)3/h5-8,12-13H,4,9-11,17H2,1-3H3,(H,18,19). The number of hydrogen-bond donors (Lipinski definition) is 2. The van der Waals surface area contributed by atoms with E-state index in [1.807, 2.05) is 31.2 Å². The number of nitrogens with two attached hydrogens (primary N) is 1. The molecule has 0 bridgehead atoms. The lowest BCUT2D eigenvalue weighted by atomic mass is 9.96. The molecule has 1 unspecified atom stereocenters. The molecule has 1 aromatic carbocycles. The van der Waals surface area contributed by atoms with Crippen molar-refractivity contribution in [1.29, 1.82) is 0 Å². The van der Waals surface area contributed by atoms with Gasteiger partial charge < -0.3 is 15.8 Å². The van der Waals surface area contributed by atoms with E-state index in [2.05, 4.69) is 19.2 Å². The van der Waals surface area contributed by atoms with Crippen LogP contribution in [0.3, 0.4) is 0 Å².